The maximum absolute atomic E-state index is 13.2. The van der Waals surface area contributed by atoms with Crippen molar-refractivity contribution in [2.24, 2.45) is 0 Å². The van der Waals surface area contributed by atoms with Crippen molar-refractivity contribution < 1.29 is 4.79 Å². The highest BCUT2D eigenvalue weighted by atomic mass is 35.5. The summed E-state index contributed by atoms with van der Waals surface area (Å²) >= 11 is 6.43. The summed E-state index contributed by atoms with van der Waals surface area (Å²) in [6.45, 7) is 3.40. The van der Waals surface area contributed by atoms with Crippen molar-refractivity contribution in [1.29, 1.82) is 0 Å². The van der Waals surface area contributed by atoms with Gasteiger partial charge in [0.2, 0.25) is 5.28 Å². The number of nitrogens with one attached hydrogen (secondary N) is 1. The van der Waals surface area contributed by atoms with Gasteiger partial charge in [-0.2, -0.15) is 0 Å². The Kier molecular flexibility index (Phi) is 4.13. The zero-order valence-corrected chi connectivity index (χ0v) is 16.4. The van der Waals surface area contributed by atoms with E-state index in [-0.39, 0.29) is 11.9 Å². The van der Waals surface area contributed by atoms with Gasteiger partial charge in [0.05, 0.1) is 16.6 Å². The lowest BCUT2D eigenvalue weighted by atomic mass is 10.0. The smallest absolute Gasteiger partial charge is 0.256 e. The predicted molar refractivity (Wildman–Crippen MR) is 112 cm³/mol. The number of carbonyl (C=O) groups excluding carboxylic acids is 1. The minimum Gasteiger partial charge on any atom is -0.358 e. The molecule has 0 saturated carbocycles. The number of para-hydroxylation sites is 3. The highest BCUT2D eigenvalue weighted by Gasteiger charge is 2.28. The largest absolute Gasteiger partial charge is 0.358 e. The molecule has 28 heavy (non-hydrogen) atoms. The SMILES string of the molecule is Cc1[nH]c2ccccc2c1C(=O)N1CCC(n2c(Cl)nc3ccccc32)CC1. The number of nitrogens with zero attached hydrogens (tertiary/aromatic N) is 3. The van der Waals surface area contributed by atoms with Crippen molar-refractivity contribution in [2.45, 2.75) is 25.8 Å². The van der Waals surface area contributed by atoms with E-state index >= 15 is 0 Å². The summed E-state index contributed by atoms with van der Waals surface area (Å²) < 4.78 is 2.12. The molecular formula is C22H21ClN4O. The van der Waals surface area contributed by atoms with Gasteiger partial charge in [-0.1, -0.05) is 30.3 Å². The van der Waals surface area contributed by atoms with E-state index in [1.54, 1.807) is 0 Å². The van der Waals surface area contributed by atoms with Gasteiger partial charge >= 0.3 is 0 Å². The zero-order chi connectivity index (χ0) is 19.3. The second kappa shape index (κ2) is 6.67. The van der Waals surface area contributed by atoms with Crippen molar-refractivity contribution >= 4 is 39.4 Å². The minimum atomic E-state index is 0.106. The lowest BCUT2D eigenvalue weighted by molar-refractivity contribution is 0.0697. The Hall–Kier alpha value is -2.79. The number of hydrogen-bond acceptors (Lipinski definition) is 2. The number of aryl methyl sites for hydroxylation is 1. The van der Waals surface area contributed by atoms with Crippen LogP contribution in [0.2, 0.25) is 5.28 Å². The van der Waals surface area contributed by atoms with Crippen LogP contribution in [0, 0.1) is 6.92 Å². The van der Waals surface area contributed by atoms with Crippen molar-refractivity contribution in [3.63, 3.8) is 0 Å². The van der Waals surface area contributed by atoms with Gasteiger partial charge in [0.15, 0.2) is 0 Å². The van der Waals surface area contributed by atoms with Gasteiger partial charge in [-0.15, -0.1) is 0 Å². The average molecular weight is 393 g/mol. The third kappa shape index (κ3) is 2.69. The quantitative estimate of drug-likeness (QED) is 0.524. The topological polar surface area (TPSA) is 53.9 Å². The Balaban J connectivity index is 1.39. The molecule has 1 aliphatic rings. The van der Waals surface area contributed by atoms with Crippen LogP contribution in [0.1, 0.15) is 34.9 Å². The number of piperidine rings is 1. The van der Waals surface area contributed by atoms with Crippen molar-refractivity contribution in [3.05, 3.63) is 65.1 Å². The Morgan fingerprint density at radius 1 is 1.11 bits per heavy atom. The van der Waals surface area contributed by atoms with Gasteiger partial charge in [-0.3, -0.25) is 4.79 Å². The summed E-state index contributed by atoms with van der Waals surface area (Å²) in [6.07, 6.45) is 1.74. The second-order valence-corrected chi connectivity index (χ2v) is 7.77. The molecule has 0 spiro atoms. The molecule has 1 saturated heterocycles. The summed E-state index contributed by atoms with van der Waals surface area (Å²) in [4.78, 5) is 23.0. The van der Waals surface area contributed by atoms with Crippen molar-refractivity contribution in [2.75, 3.05) is 13.1 Å². The summed E-state index contributed by atoms with van der Waals surface area (Å²) in [6, 6.07) is 16.3. The van der Waals surface area contributed by atoms with Crippen LogP contribution in [-0.4, -0.2) is 38.4 Å². The maximum Gasteiger partial charge on any atom is 0.256 e. The number of imidazole rings is 1. The molecule has 2 aromatic carbocycles. The number of benzene rings is 2. The van der Waals surface area contributed by atoms with Gasteiger partial charge in [-0.25, -0.2) is 4.98 Å². The fraction of sp³-hybridized carbons (Fsp3) is 0.273. The van der Waals surface area contributed by atoms with Crippen LogP contribution in [0.15, 0.2) is 48.5 Å². The van der Waals surface area contributed by atoms with E-state index in [4.69, 9.17) is 11.6 Å². The molecule has 6 heteroatoms. The number of halogens is 1. The van der Waals surface area contributed by atoms with Crippen LogP contribution in [0.25, 0.3) is 21.9 Å². The van der Waals surface area contributed by atoms with Gasteiger partial charge in [0.25, 0.3) is 5.91 Å². The van der Waals surface area contributed by atoms with Crippen molar-refractivity contribution in [3.8, 4) is 0 Å². The van der Waals surface area contributed by atoms with Gasteiger partial charge in [0.1, 0.15) is 0 Å². The molecular weight excluding hydrogens is 372 g/mol. The van der Waals surface area contributed by atoms with Crippen LogP contribution in [-0.2, 0) is 0 Å². The number of aromatic nitrogens is 3. The third-order valence-electron chi connectivity index (χ3n) is 5.78. The van der Waals surface area contributed by atoms with Gasteiger partial charge in [0, 0.05) is 35.7 Å². The fourth-order valence-electron chi connectivity index (χ4n) is 4.40. The molecule has 2 aromatic heterocycles. The Labute approximate surface area is 167 Å². The maximum atomic E-state index is 13.2. The van der Waals surface area contributed by atoms with E-state index < -0.39 is 0 Å². The first-order valence-electron chi connectivity index (χ1n) is 9.62. The van der Waals surface area contributed by atoms with E-state index in [0.717, 1.165) is 46.0 Å². The summed E-state index contributed by atoms with van der Waals surface area (Å²) in [5.74, 6) is 0.106. The Bertz CT molecular complexity index is 1180. The Morgan fingerprint density at radius 3 is 2.64 bits per heavy atom. The fourth-order valence-corrected chi connectivity index (χ4v) is 4.72. The normalized spacial score (nSPS) is 15.6. The molecule has 0 unspecified atom stereocenters. The first-order chi connectivity index (χ1) is 13.6. The van der Waals surface area contributed by atoms with E-state index in [0.29, 0.717) is 18.4 Å². The van der Waals surface area contributed by atoms with Crippen LogP contribution in [0.4, 0.5) is 0 Å². The molecule has 0 radical (unpaired) electrons. The van der Waals surface area contributed by atoms with E-state index in [1.807, 2.05) is 54.3 Å². The van der Waals surface area contributed by atoms with Crippen LogP contribution >= 0.6 is 11.6 Å². The molecule has 1 fully saturated rings. The van der Waals surface area contributed by atoms with Crippen LogP contribution < -0.4 is 0 Å². The average Bonchev–Trinajstić information content (AvgIpc) is 3.22. The molecule has 5 rings (SSSR count). The number of likely N-dealkylation sites (tertiary alicyclic amines) is 1. The molecule has 1 amide bonds. The molecule has 0 bridgehead atoms. The summed E-state index contributed by atoms with van der Waals surface area (Å²) in [5.41, 5.74) is 4.71. The number of hydrogen-bond donors (Lipinski definition) is 1. The Morgan fingerprint density at radius 2 is 1.82 bits per heavy atom. The third-order valence-corrected chi connectivity index (χ3v) is 6.04. The summed E-state index contributed by atoms with van der Waals surface area (Å²) in [7, 11) is 0. The first-order valence-corrected chi connectivity index (χ1v) is 10.0. The molecule has 5 nitrogen and oxygen atoms in total. The lowest BCUT2D eigenvalue weighted by Crippen LogP contribution is -2.39. The van der Waals surface area contributed by atoms with Crippen LogP contribution in [0.5, 0.6) is 0 Å². The minimum absolute atomic E-state index is 0.106. The summed E-state index contributed by atoms with van der Waals surface area (Å²) in [5, 5.41) is 1.52. The highest BCUT2D eigenvalue weighted by Crippen LogP contribution is 2.32. The molecule has 0 aliphatic carbocycles. The predicted octanol–water partition coefficient (Wildman–Crippen LogP) is 4.96. The number of rotatable bonds is 2. The number of fused-ring (bicyclic) bond motifs is 2. The second-order valence-electron chi connectivity index (χ2n) is 7.43. The highest BCUT2D eigenvalue weighted by molar-refractivity contribution is 6.29. The van der Waals surface area contributed by atoms with E-state index in [1.165, 1.54) is 0 Å². The monoisotopic (exact) mass is 392 g/mol. The molecule has 4 aromatic rings. The zero-order valence-electron chi connectivity index (χ0n) is 15.7. The molecule has 1 N–H and O–H groups in total. The van der Waals surface area contributed by atoms with Gasteiger partial charge in [-0.05, 0) is 49.6 Å². The number of carbonyl (C=O) groups is 1. The lowest BCUT2D eigenvalue weighted by Gasteiger charge is -2.33. The number of aromatic amines is 1. The van der Waals surface area contributed by atoms with E-state index in [9.17, 15) is 4.79 Å². The molecule has 3 heterocycles. The number of H-pyrrole nitrogens is 1. The molecule has 1 aliphatic heterocycles. The van der Waals surface area contributed by atoms with Crippen LogP contribution in [0.3, 0.4) is 0 Å². The molecule has 142 valence electrons. The van der Waals surface area contributed by atoms with Crippen molar-refractivity contribution in [1.82, 2.24) is 19.4 Å². The number of amides is 1. The first kappa shape index (κ1) is 17.3. The standard InChI is InChI=1S/C22H21ClN4O/c1-14-20(16-6-2-3-7-17(16)24-14)21(28)26-12-10-15(11-13-26)27-19-9-5-4-8-18(19)25-22(27)23/h2-9,15,24H,10-13H2,1H3. The molecule has 0 atom stereocenters. The van der Waals surface area contributed by atoms with E-state index in [2.05, 4.69) is 20.6 Å². The van der Waals surface area contributed by atoms with Gasteiger partial charge < -0.3 is 14.5 Å².